The third kappa shape index (κ3) is 19.9. The molecular weight excluding hydrogens is 838 g/mol. The summed E-state index contributed by atoms with van der Waals surface area (Å²) in [6.45, 7) is 3.75. The highest BCUT2D eigenvalue weighted by Gasteiger charge is 2.36. The Morgan fingerprint density at radius 1 is 0.667 bits per heavy atom. The lowest BCUT2D eigenvalue weighted by atomic mass is 9.99. The number of nitrogens with zero attached hydrogens (tertiary/aromatic N) is 2. The Labute approximate surface area is 361 Å². The van der Waals surface area contributed by atoms with E-state index >= 15 is 0 Å². The van der Waals surface area contributed by atoms with Crippen LogP contribution in [-0.2, 0) is 49.6 Å². The highest BCUT2D eigenvalue weighted by molar-refractivity contribution is 5.98. The van der Waals surface area contributed by atoms with Gasteiger partial charge in [-0.25, -0.2) is 9.78 Å². The third-order valence-corrected chi connectivity index (χ3v) is 8.94. The number of nitrogens with two attached hydrogens (primary N) is 3. The van der Waals surface area contributed by atoms with E-state index in [9.17, 15) is 63.6 Å². The van der Waals surface area contributed by atoms with Gasteiger partial charge in [-0.1, -0.05) is 27.7 Å². The van der Waals surface area contributed by atoms with Gasteiger partial charge in [-0.3, -0.25) is 43.3 Å². The van der Waals surface area contributed by atoms with E-state index in [2.05, 4.69) is 52.2 Å². The normalized spacial score (nSPS) is 14.9. The van der Waals surface area contributed by atoms with Crippen molar-refractivity contribution in [2.45, 2.75) is 108 Å². The number of aromatic nitrogens is 2. The molecule has 0 spiro atoms. The quantitative estimate of drug-likeness (QED) is 0.0202. The van der Waals surface area contributed by atoms with Crippen LogP contribution in [0.2, 0.25) is 0 Å². The van der Waals surface area contributed by atoms with Crippen molar-refractivity contribution in [2.75, 3.05) is 26.4 Å². The Morgan fingerprint density at radius 2 is 1.16 bits per heavy atom. The minimum absolute atomic E-state index is 0.0584. The summed E-state index contributed by atoms with van der Waals surface area (Å²) < 4.78 is 0. The zero-order valence-corrected chi connectivity index (χ0v) is 35.3. The lowest BCUT2D eigenvalue weighted by molar-refractivity contribution is -0.143. The molecule has 27 nitrogen and oxygen atoms in total. The molecule has 8 atom stereocenters. The topological polar surface area (TPSA) is 458 Å². The molecule has 7 amide bonds. The maximum atomic E-state index is 13.7. The van der Waals surface area contributed by atoms with Crippen LogP contribution in [0.4, 0.5) is 0 Å². The van der Waals surface area contributed by atoms with E-state index in [0.29, 0.717) is 0 Å². The minimum Gasteiger partial charge on any atom is -0.481 e. The zero-order valence-electron chi connectivity index (χ0n) is 35.3. The van der Waals surface area contributed by atoms with Gasteiger partial charge >= 0.3 is 11.9 Å². The molecule has 63 heavy (non-hydrogen) atoms. The molecular formula is C36H61N13O14. The number of carboxylic acids is 2. The van der Waals surface area contributed by atoms with Crippen molar-refractivity contribution in [3.8, 4) is 0 Å². The number of carboxylic acid groups (broad SMARTS) is 2. The molecule has 1 rings (SSSR count). The van der Waals surface area contributed by atoms with Crippen molar-refractivity contribution in [3.63, 3.8) is 0 Å². The molecule has 1 aromatic heterocycles. The van der Waals surface area contributed by atoms with Crippen molar-refractivity contribution in [2.24, 2.45) is 34.0 Å². The fraction of sp³-hybridized carbons (Fsp3) is 0.639. The van der Waals surface area contributed by atoms with E-state index in [4.69, 9.17) is 22.3 Å². The number of aliphatic hydroxyl groups excluding tert-OH is 3. The van der Waals surface area contributed by atoms with E-state index in [1.54, 1.807) is 27.7 Å². The number of guanidine groups is 1. The Hall–Kier alpha value is -6.45. The number of hydrogen-bond acceptors (Lipinski definition) is 15. The number of H-pyrrole nitrogens is 1. The molecule has 0 saturated carbocycles. The van der Waals surface area contributed by atoms with Crippen LogP contribution in [0, 0.1) is 11.8 Å². The van der Waals surface area contributed by atoms with Crippen LogP contribution in [-0.4, -0.2) is 169 Å². The summed E-state index contributed by atoms with van der Waals surface area (Å²) in [6, 6.07) is -12.6. The van der Waals surface area contributed by atoms with Crippen LogP contribution in [0.15, 0.2) is 17.5 Å². The molecule has 0 aromatic carbocycles. The van der Waals surface area contributed by atoms with Crippen LogP contribution < -0.4 is 54.4 Å². The highest BCUT2D eigenvalue weighted by Crippen LogP contribution is 2.11. The molecule has 0 aliphatic rings. The number of aliphatic imine (C=N–C) groups is 1. The Morgan fingerprint density at radius 3 is 1.63 bits per heavy atom. The SMILES string of the molecule is CC(C)C[C@H](NC(=O)[C@H](CC(=O)O)NC(=O)[C@H](CO)NC(=O)[C@H](Cc1cnc[nH]1)NC(=O)[C@H](CO)NC(=O)[C@@H](N)CO)C(=O)N[C@H](C(=O)N[C@@H](CCCN=C(N)N)C(=O)O)C(C)C. The summed E-state index contributed by atoms with van der Waals surface area (Å²) in [4.78, 5) is 127. The van der Waals surface area contributed by atoms with E-state index < -0.39 is 134 Å². The van der Waals surface area contributed by atoms with Crippen LogP contribution in [0.1, 0.15) is 59.1 Å². The molecule has 354 valence electrons. The summed E-state index contributed by atoms with van der Waals surface area (Å²) in [7, 11) is 0. The second-order valence-electron chi connectivity index (χ2n) is 15.0. The average Bonchev–Trinajstić information content (AvgIpc) is 3.72. The first-order chi connectivity index (χ1) is 29.5. The van der Waals surface area contributed by atoms with Gasteiger partial charge in [0.2, 0.25) is 41.4 Å². The second kappa shape index (κ2) is 27.5. The van der Waals surface area contributed by atoms with Gasteiger partial charge in [0.25, 0.3) is 0 Å². The molecule has 0 bridgehead atoms. The van der Waals surface area contributed by atoms with E-state index in [0.717, 1.165) is 0 Å². The van der Waals surface area contributed by atoms with Gasteiger partial charge in [-0.15, -0.1) is 0 Å². The maximum Gasteiger partial charge on any atom is 0.326 e. The fourth-order valence-electron chi connectivity index (χ4n) is 5.56. The number of nitrogens with one attached hydrogen (secondary N) is 8. The van der Waals surface area contributed by atoms with Gasteiger partial charge in [-0.2, -0.15) is 0 Å². The number of amides is 7. The number of aromatic amines is 1. The number of carbonyl (C=O) groups excluding carboxylic acids is 7. The smallest absolute Gasteiger partial charge is 0.326 e. The number of imidazole rings is 1. The van der Waals surface area contributed by atoms with Crippen molar-refractivity contribution in [3.05, 3.63) is 18.2 Å². The van der Waals surface area contributed by atoms with Gasteiger partial charge in [0, 0.05) is 24.9 Å². The van der Waals surface area contributed by atoms with Gasteiger partial charge in [0.05, 0.1) is 32.6 Å². The summed E-state index contributed by atoms with van der Waals surface area (Å²) in [5, 5.41) is 64.2. The van der Waals surface area contributed by atoms with Gasteiger partial charge < -0.3 is 84.9 Å². The van der Waals surface area contributed by atoms with Crippen LogP contribution in [0.5, 0.6) is 0 Å². The molecule has 1 heterocycles. The van der Waals surface area contributed by atoms with Crippen LogP contribution in [0.25, 0.3) is 0 Å². The summed E-state index contributed by atoms with van der Waals surface area (Å²) in [5.41, 5.74) is 16.3. The lowest BCUT2D eigenvalue weighted by Crippen LogP contribution is -2.61. The minimum atomic E-state index is -1.91. The van der Waals surface area contributed by atoms with Crippen molar-refractivity contribution < 1.29 is 68.7 Å². The van der Waals surface area contributed by atoms with Gasteiger partial charge in [0.1, 0.15) is 48.3 Å². The van der Waals surface area contributed by atoms with Crippen molar-refractivity contribution in [1.29, 1.82) is 0 Å². The highest BCUT2D eigenvalue weighted by atomic mass is 16.4. The fourth-order valence-corrected chi connectivity index (χ4v) is 5.56. The standard InChI is InChI=1S/C36H61N13O14/c1-16(2)8-21(31(58)49-27(17(3)4)34(61)43-20(35(62)63)6-5-7-41-36(38)39)44-30(57)23(10-26(53)54)46-33(60)25(14-52)48-29(56)22(9-18-11-40-15-42-18)45-32(59)24(13-51)47-28(55)19(37)12-50/h11,15-17,19-25,27,50-52H,5-10,12-14,37H2,1-4H3,(H,40,42)(H,43,61)(H,44,57)(H,45,59)(H,46,60)(H,47,55)(H,48,56)(H,49,58)(H,53,54)(H,62,63)(H4,38,39,41)/t19-,20-,21-,22-,23-,24-,25-,27-/m0/s1. The predicted octanol–water partition coefficient (Wildman–Crippen LogP) is -7.04. The molecule has 19 N–H and O–H groups in total. The second-order valence-corrected chi connectivity index (χ2v) is 15.0. The summed E-state index contributed by atoms with van der Waals surface area (Å²) in [5.74, 6) is -11.5. The number of hydrogen-bond donors (Lipinski definition) is 16. The largest absolute Gasteiger partial charge is 0.481 e. The average molecular weight is 900 g/mol. The Kier molecular flexibility index (Phi) is 23.8. The first-order valence-electron chi connectivity index (χ1n) is 19.7. The van der Waals surface area contributed by atoms with E-state index in [1.807, 2.05) is 0 Å². The van der Waals surface area contributed by atoms with Crippen molar-refractivity contribution in [1.82, 2.24) is 47.2 Å². The number of rotatable bonds is 29. The zero-order chi connectivity index (χ0) is 48.0. The molecule has 0 aliphatic heterocycles. The first kappa shape index (κ1) is 54.6. The third-order valence-electron chi connectivity index (χ3n) is 8.94. The van der Waals surface area contributed by atoms with Gasteiger partial charge in [-0.05, 0) is 31.1 Å². The van der Waals surface area contributed by atoms with E-state index in [-0.39, 0.29) is 49.8 Å². The predicted molar refractivity (Wildman–Crippen MR) is 219 cm³/mol. The first-order valence-corrected chi connectivity index (χ1v) is 19.7. The van der Waals surface area contributed by atoms with Crippen LogP contribution >= 0.6 is 0 Å². The molecule has 27 heteroatoms. The molecule has 0 radical (unpaired) electrons. The Balaban J connectivity index is 3.25. The Bertz CT molecular complexity index is 1740. The maximum absolute atomic E-state index is 13.7. The lowest BCUT2D eigenvalue weighted by Gasteiger charge is -2.28. The molecule has 0 saturated heterocycles. The summed E-state index contributed by atoms with van der Waals surface area (Å²) in [6.07, 6.45) is 1.25. The molecule has 0 unspecified atom stereocenters. The number of carbonyl (C=O) groups is 9. The molecule has 0 fully saturated rings. The van der Waals surface area contributed by atoms with Crippen LogP contribution in [0.3, 0.4) is 0 Å². The van der Waals surface area contributed by atoms with Crippen molar-refractivity contribution >= 4 is 59.2 Å². The van der Waals surface area contributed by atoms with E-state index in [1.165, 1.54) is 12.5 Å². The molecule has 1 aromatic rings. The summed E-state index contributed by atoms with van der Waals surface area (Å²) >= 11 is 0. The monoisotopic (exact) mass is 899 g/mol. The number of aliphatic hydroxyl groups is 3. The number of aliphatic carboxylic acids is 2. The van der Waals surface area contributed by atoms with Gasteiger partial charge in [0.15, 0.2) is 5.96 Å². The molecule has 0 aliphatic carbocycles.